The minimum atomic E-state index is -0.721. The van der Waals surface area contributed by atoms with E-state index >= 15 is 0 Å². The topological polar surface area (TPSA) is 147 Å². The largest absolute Gasteiger partial charge is 0.370 e. The van der Waals surface area contributed by atoms with Crippen LogP contribution < -0.4 is 0 Å². The highest BCUT2D eigenvalue weighted by atomic mass is 31.1. The number of rotatable bonds is 17. The number of hydrogen-bond acceptors (Lipinski definition) is 13. The van der Waals surface area contributed by atoms with Gasteiger partial charge >= 0.3 is 0 Å². The summed E-state index contributed by atoms with van der Waals surface area (Å²) in [4.78, 5) is 0. The first-order valence-electron chi connectivity index (χ1n) is 23.3. The van der Waals surface area contributed by atoms with Crippen molar-refractivity contribution in [3.05, 3.63) is 0 Å². The van der Waals surface area contributed by atoms with Crippen LogP contribution in [-0.4, -0.2) is 110 Å². The molecular weight excluding hydrogens is 850 g/mol. The maximum atomic E-state index is 13.0. The van der Waals surface area contributed by atoms with Crippen LogP contribution in [-0.2, 0) is 56.3 Å². The van der Waals surface area contributed by atoms with E-state index in [1.54, 1.807) is 0 Å². The maximum Gasteiger partial charge on any atom is 0.162 e. The summed E-state index contributed by atoms with van der Waals surface area (Å²) >= 11 is 0. The van der Waals surface area contributed by atoms with Gasteiger partial charge in [0.05, 0.1) is 78.0 Å². The van der Waals surface area contributed by atoms with Gasteiger partial charge in [0, 0.05) is 29.6 Å². The van der Waals surface area contributed by atoms with Crippen LogP contribution in [0.25, 0.3) is 0 Å². The third-order valence-corrected chi connectivity index (χ3v) is 18.3. The first kappa shape index (κ1) is 49.5. The Morgan fingerprint density at radius 2 is 0.933 bits per heavy atom. The summed E-state index contributed by atoms with van der Waals surface area (Å²) in [5, 5.41) is 0. The molecule has 13 nitrogen and oxygen atoms in total. The molecular formula is C43H75NO12P4. The average molecular weight is 929 g/mol. The first-order valence-corrected chi connectivity index (χ1v) is 25.9. The molecule has 0 spiro atoms. The Kier molecular flexibility index (Phi) is 18.9. The van der Waals surface area contributed by atoms with Gasteiger partial charge < -0.3 is 42.6 Å². The van der Waals surface area contributed by atoms with Gasteiger partial charge in [0.15, 0.2) is 50.5 Å². The zero-order valence-electron chi connectivity index (χ0n) is 39.1. The molecule has 5 rings (SSSR count). The zero-order chi connectivity index (χ0) is 44.9. The van der Waals surface area contributed by atoms with Gasteiger partial charge in [-0.05, 0) is 59.8 Å². The van der Waals surface area contributed by atoms with Gasteiger partial charge in [-0.25, -0.2) is 0 Å². The van der Waals surface area contributed by atoms with Crippen LogP contribution in [0.3, 0.4) is 0 Å². The second kappa shape index (κ2) is 23.0. The van der Waals surface area contributed by atoms with Crippen LogP contribution in [0.4, 0.5) is 0 Å². The average Bonchev–Trinajstić information content (AvgIpc) is 3.26. The summed E-state index contributed by atoms with van der Waals surface area (Å²) in [6.07, 6.45) is -1.65. The van der Waals surface area contributed by atoms with E-state index < -0.39 is 54.3 Å². The van der Waals surface area contributed by atoms with Gasteiger partial charge in [-0.3, -0.25) is 18.4 Å². The SMILES string of the molecule is [4H]/P=N\C1[C@H](C)OC(CC)[C@@H](O[C@@H]2OC(CC)[C@@H](O[C@@H]3OC(CC)[C@@H](O[C@@H]4OC(CC)[C@@H](O[C@@H]5OC(CC)[C@@H](P=[18O])[C@H](P=[19O])C5C)[C@H](P=[15O])C4C)[C@H](C)C3C)[C@H](C)C2C)[C@@H]1C. The smallest absolute Gasteiger partial charge is 0.162 e. The third kappa shape index (κ3) is 10.5. The van der Waals surface area contributed by atoms with Crippen molar-refractivity contribution in [2.45, 2.75) is 231 Å². The highest BCUT2D eigenvalue weighted by molar-refractivity contribution is 7.30. The van der Waals surface area contributed by atoms with Gasteiger partial charge in [-0.15, -0.1) is 0 Å². The van der Waals surface area contributed by atoms with Crippen molar-refractivity contribution in [1.82, 2.24) is 0 Å². The second-order valence-corrected chi connectivity index (χ2v) is 21.1. The molecule has 5 saturated heterocycles. The van der Waals surface area contributed by atoms with E-state index in [2.05, 4.69) is 60.1 Å². The van der Waals surface area contributed by atoms with E-state index in [0.29, 0.717) is 19.3 Å². The van der Waals surface area contributed by atoms with Crippen molar-refractivity contribution >= 4 is 34.4 Å². The Morgan fingerprint density at radius 1 is 0.550 bits per heavy atom. The van der Waals surface area contributed by atoms with E-state index in [1.165, 1.54) is 0 Å². The molecule has 60 heavy (non-hydrogen) atoms. The van der Waals surface area contributed by atoms with Gasteiger partial charge in [-0.1, -0.05) is 83.1 Å². The van der Waals surface area contributed by atoms with Gasteiger partial charge in [0.25, 0.3) is 0 Å². The molecule has 10 unspecified atom stereocenters. The highest BCUT2D eigenvalue weighted by Gasteiger charge is 2.54. The molecule has 0 saturated carbocycles. The molecule has 5 fully saturated rings. The molecule has 5 aliphatic heterocycles. The van der Waals surface area contributed by atoms with E-state index in [1.807, 2.05) is 34.6 Å². The summed E-state index contributed by atoms with van der Waals surface area (Å²) in [6, 6.07) is -0.120. The fourth-order valence-electron chi connectivity index (χ4n) is 10.4. The first-order chi connectivity index (χ1) is 29.2. The van der Waals surface area contributed by atoms with Crippen molar-refractivity contribution in [2.75, 3.05) is 0 Å². The van der Waals surface area contributed by atoms with Crippen molar-refractivity contribution in [3.8, 4) is 0 Å². The second-order valence-electron chi connectivity index (χ2n) is 18.4. The summed E-state index contributed by atoms with van der Waals surface area (Å²) in [6.45, 7) is 27.1. The Bertz CT molecular complexity index is 1440. The molecule has 0 aromatic rings. The predicted molar refractivity (Wildman–Crippen MR) is 233 cm³/mol. The molecule has 17 heteroatoms. The molecule has 0 amide bonds. The fourth-order valence-corrected chi connectivity index (χ4v) is 13.3. The lowest BCUT2D eigenvalue weighted by Crippen LogP contribution is -2.60. The van der Waals surface area contributed by atoms with Crippen molar-refractivity contribution in [2.24, 2.45) is 46.2 Å². The van der Waals surface area contributed by atoms with Crippen LogP contribution in [0.15, 0.2) is 4.74 Å². The van der Waals surface area contributed by atoms with Gasteiger partial charge in [0.2, 0.25) is 0 Å². The normalized spacial score (nSPS) is 51.0. The van der Waals surface area contributed by atoms with Crippen molar-refractivity contribution < 1.29 is 56.3 Å². The molecule has 0 aromatic carbocycles. The number of nitrogens with zero attached hydrogens (tertiary/aromatic N) is 1. The molecule has 5 heterocycles. The molecule has 0 N–H and O–H groups in total. The minimum absolute atomic E-state index is 0.0246. The lowest BCUT2D eigenvalue weighted by Gasteiger charge is -2.52. The lowest BCUT2D eigenvalue weighted by atomic mass is 9.81. The van der Waals surface area contributed by atoms with Crippen LogP contribution in [0.2, 0.25) is 0 Å². The standard InChI is InChI=1S/C43H75NO12P4/c1-14-27-35(23(10)32(44-57)26(13)48-27)55-41-22(9)19(6)33(28(15-2)50-41)53-40-21(8)20(7)34(29(16-3)49-40)54-42-24(11)37(58-45)36(30(17-4)51-42)56-43-25(12)38(59-46)39(60-47)31(18-5)52-43/h19-43,57H,14-18H2,1-13H3/t19-,20-,21?,22?,23-,24?,25?,26+,27?,28?,29?,30?,31?,32?,33+,34+,35+,36-,37-,38-,39-,40+,41+,42+,43+/m1/s1/i45-1,46+3,47+2. The van der Waals surface area contributed by atoms with Crippen LogP contribution in [0, 0.1) is 41.4 Å². The van der Waals surface area contributed by atoms with Gasteiger partial charge in [-0.2, -0.15) is 0 Å². The predicted octanol–water partition coefficient (Wildman–Crippen LogP) is 10.4. The van der Waals surface area contributed by atoms with E-state index in [9.17, 15) is 13.7 Å². The van der Waals surface area contributed by atoms with Crippen LogP contribution in [0.1, 0.15) is 122 Å². The summed E-state index contributed by atoms with van der Waals surface area (Å²) < 4.78 is 110. The summed E-state index contributed by atoms with van der Waals surface area (Å²) in [7, 11) is -0.0330. The minimum Gasteiger partial charge on any atom is -0.370 e. The maximum absolute atomic E-state index is 13.0. The Morgan fingerprint density at radius 3 is 1.35 bits per heavy atom. The molecule has 344 valence electrons. The van der Waals surface area contributed by atoms with Crippen LogP contribution in [0.5, 0.6) is 0 Å². The molecule has 0 aliphatic carbocycles. The summed E-state index contributed by atoms with van der Waals surface area (Å²) in [5.41, 5.74) is -1.25. The quantitative estimate of drug-likeness (QED) is 0.101. The molecule has 0 aromatic heterocycles. The zero-order valence-corrected chi connectivity index (χ0v) is 41.7. The fraction of sp³-hybridized carbons (Fsp3) is 1.00. The Balaban J connectivity index is 1.25. The monoisotopic (exact) mass is 928 g/mol. The Labute approximate surface area is 368 Å². The van der Waals surface area contributed by atoms with E-state index in [-0.39, 0.29) is 131 Å². The third-order valence-electron chi connectivity index (χ3n) is 14.9. The van der Waals surface area contributed by atoms with Crippen LogP contribution >= 0.6 is 34.4 Å². The molecule has 0 radical (unpaired) electrons. The lowest BCUT2D eigenvalue weighted by molar-refractivity contribution is -0.356. The summed E-state index contributed by atoms with van der Waals surface area (Å²) in [5.74, 6) is -0.405. The van der Waals surface area contributed by atoms with E-state index in [0.717, 1.165) is 12.8 Å². The molecule has 0 bridgehead atoms. The number of ether oxygens (including phenoxy) is 9. The van der Waals surface area contributed by atoms with Gasteiger partial charge in [0.1, 0.15) is 7.38 Å². The number of hydrogen-bond donors (Lipinski definition) is 0. The van der Waals surface area contributed by atoms with Crippen molar-refractivity contribution in [3.63, 3.8) is 0 Å². The Hall–Kier alpha value is 0.0400. The molecule has 5 aliphatic rings. The van der Waals surface area contributed by atoms with Crippen molar-refractivity contribution in [1.29, 1.82) is 1.28 Å². The molecule has 25 atom stereocenters. The highest BCUT2D eigenvalue weighted by Crippen LogP contribution is 2.46. The van der Waals surface area contributed by atoms with E-state index in [4.69, 9.17) is 43.9 Å².